The SMILES string of the molecule is COc1ccc([C@@H]2CC(=O)NC(SCC(=O)Nc3ccc(Br)cc3Cl)=C2C#N)cc1. The summed E-state index contributed by atoms with van der Waals surface area (Å²) in [5.74, 6) is -0.160. The maximum Gasteiger partial charge on any atom is 0.234 e. The van der Waals surface area contributed by atoms with Crippen LogP contribution in [0.1, 0.15) is 17.9 Å². The molecule has 6 nitrogen and oxygen atoms in total. The Bertz CT molecular complexity index is 1050. The van der Waals surface area contributed by atoms with Crippen LogP contribution in [0.5, 0.6) is 5.75 Å². The van der Waals surface area contributed by atoms with Crippen LogP contribution in [0.2, 0.25) is 5.02 Å². The summed E-state index contributed by atoms with van der Waals surface area (Å²) in [5, 5.41) is 16.0. The van der Waals surface area contributed by atoms with Gasteiger partial charge in [0.25, 0.3) is 0 Å². The minimum absolute atomic E-state index is 0.0164. The summed E-state index contributed by atoms with van der Waals surface area (Å²) < 4.78 is 5.97. The quantitative estimate of drug-likeness (QED) is 0.586. The fourth-order valence-corrected chi connectivity index (χ4v) is 4.57. The molecule has 2 aromatic rings. The number of allylic oxidation sites excluding steroid dienone is 1. The standard InChI is InChI=1S/C21H17BrClN3O3S/c1-29-14-5-2-12(3-6-14)15-9-19(27)26-21(16(15)10-24)30-11-20(28)25-18-7-4-13(22)8-17(18)23/h2-8,15H,9,11H2,1H3,(H,25,28)(H,26,27)/t15-/m0/s1. The van der Waals surface area contributed by atoms with Crippen molar-refractivity contribution in [2.45, 2.75) is 12.3 Å². The first kappa shape index (κ1) is 22.2. The Morgan fingerprint density at radius 1 is 1.37 bits per heavy atom. The van der Waals surface area contributed by atoms with Gasteiger partial charge in [-0.25, -0.2) is 0 Å². The number of carbonyl (C=O) groups is 2. The summed E-state index contributed by atoms with van der Waals surface area (Å²) in [6.07, 6.45) is 0.167. The van der Waals surface area contributed by atoms with E-state index in [4.69, 9.17) is 16.3 Å². The first-order valence-corrected chi connectivity index (χ1v) is 11.0. The number of benzene rings is 2. The Morgan fingerprint density at radius 2 is 2.10 bits per heavy atom. The molecule has 0 unspecified atom stereocenters. The first-order valence-electron chi connectivity index (χ1n) is 8.87. The molecule has 2 amide bonds. The van der Waals surface area contributed by atoms with Gasteiger partial charge in [0.05, 0.1) is 40.2 Å². The summed E-state index contributed by atoms with van der Waals surface area (Å²) in [4.78, 5) is 24.6. The van der Waals surface area contributed by atoms with E-state index in [-0.39, 0.29) is 29.9 Å². The Balaban J connectivity index is 1.75. The third kappa shape index (κ3) is 5.36. The van der Waals surface area contributed by atoms with Crippen molar-refractivity contribution in [3.63, 3.8) is 0 Å². The van der Waals surface area contributed by atoms with Crippen LogP contribution in [0.15, 0.2) is 57.5 Å². The molecule has 9 heteroatoms. The average Bonchev–Trinajstić information content (AvgIpc) is 2.74. The van der Waals surface area contributed by atoms with E-state index < -0.39 is 0 Å². The van der Waals surface area contributed by atoms with E-state index in [0.717, 1.165) is 21.8 Å². The van der Waals surface area contributed by atoms with Crippen LogP contribution >= 0.6 is 39.3 Å². The molecule has 1 heterocycles. The Morgan fingerprint density at radius 3 is 2.73 bits per heavy atom. The average molecular weight is 507 g/mol. The number of ether oxygens (including phenoxy) is 1. The molecule has 0 saturated heterocycles. The second-order valence-corrected chi connectivity index (χ2v) is 8.70. The number of halogens is 2. The van der Waals surface area contributed by atoms with Crippen LogP contribution in [0.3, 0.4) is 0 Å². The molecular formula is C21H17BrClN3O3S. The lowest BCUT2D eigenvalue weighted by molar-refractivity contribution is -0.121. The van der Waals surface area contributed by atoms with Crippen LogP contribution in [0.4, 0.5) is 5.69 Å². The molecule has 1 aliphatic rings. The molecule has 0 bridgehead atoms. The Labute approximate surface area is 191 Å². The summed E-state index contributed by atoms with van der Waals surface area (Å²) in [6, 6.07) is 14.6. The third-order valence-corrected chi connectivity index (χ3v) is 6.25. The number of thioether (sulfide) groups is 1. The molecule has 0 spiro atoms. The van der Waals surface area contributed by atoms with Crippen LogP contribution in [-0.2, 0) is 9.59 Å². The van der Waals surface area contributed by atoms with Crippen molar-refractivity contribution in [2.24, 2.45) is 0 Å². The van der Waals surface area contributed by atoms with Crippen LogP contribution in [-0.4, -0.2) is 24.7 Å². The lowest BCUT2D eigenvalue weighted by Crippen LogP contribution is -2.31. The van der Waals surface area contributed by atoms with E-state index in [1.807, 2.05) is 12.1 Å². The molecule has 154 valence electrons. The van der Waals surface area contributed by atoms with Gasteiger partial charge in [0.1, 0.15) is 5.75 Å². The van der Waals surface area contributed by atoms with Crippen LogP contribution < -0.4 is 15.4 Å². The van der Waals surface area contributed by atoms with Gasteiger partial charge in [-0.15, -0.1) is 0 Å². The van der Waals surface area contributed by atoms with Gasteiger partial charge in [-0.05, 0) is 35.9 Å². The zero-order chi connectivity index (χ0) is 21.7. The molecule has 0 aromatic heterocycles. The maximum atomic E-state index is 12.4. The normalized spacial score (nSPS) is 15.9. The van der Waals surface area contributed by atoms with E-state index in [2.05, 4.69) is 32.6 Å². The largest absolute Gasteiger partial charge is 0.497 e. The minimum Gasteiger partial charge on any atom is -0.497 e. The molecule has 30 heavy (non-hydrogen) atoms. The van der Waals surface area contributed by atoms with E-state index in [0.29, 0.717) is 27.1 Å². The summed E-state index contributed by atoms with van der Waals surface area (Å²) in [7, 11) is 1.57. The van der Waals surface area contributed by atoms with Crippen molar-refractivity contribution in [2.75, 3.05) is 18.2 Å². The highest BCUT2D eigenvalue weighted by atomic mass is 79.9. The van der Waals surface area contributed by atoms with Crippen molar-refractivity contribution in [1.82, 2.24) is 5.32 Å². The van der Waals surface area contributed by atoms with Gasteiger partial charge in [0.15, 0.2) is 0 Å². The highest BCUT2D eigenvalue weighted by Crippen LogP contribution is 2.36. The van der Waals surface area contributed by atoms with Crippen LogP contribution in [0, 0.1) is 11.3 Å². The van der Waals surface area contributed by atoms with Gasteiger partial charge < -0.3 is 15.4 Å². The smallest absolute Gasteiger partial charge is 0.234 e. The number of carbonyl (C=O) groups excluding carboxylic acids is 2. The highest BCUT2D eigenvalue weighted by molar-refractivity contribution is 9.10. The number of nitrogens with zero attached hydrogens (tertiary/aromatic N) is 1. The van der Waals surface area contributed by atoms with E-state index in [1.165, 1.54) is 0 Å². The minimum atomic E-state index is -0.374. The molecule has 0 aliphatic carbocycles. The van der Waals surface area contributed by atoms with E-state index in [1.54, 1.807) is 37.4 Å². The molecule has 2 N–H and O–H groups in total. The molecule has 1 atom stereocenters. The van der Waals surface area contributed by atoms with Gasteiger partial charge in [-0.1, -0.05) is 51.4 Å². The molecule has 1 aliphatic heterocycles. The second kappa shape index (κ2) is 10.0. The van der Waals surface area contributed by atoms with Gasteiger partial charge in [-0.2, -0.15) is 5.26 Å². The maximum absolute atomic E-state index is 12.4. The fraction of sp³-hybridized carbons (Fsp3) is 0.190. The van der Waals surface area contributed by atoms with Crippen molar-refractivity contribution < 1.29 is 14.3 Å². The summed E-state index contributed by atoms with van der Waals surface area (Å²) in [6.45, 7) is 0. The number of anilines is 1. The number of methoxy groups -OCH3 is 1. The number of amides is 2. The topological polar surface area (TPSA) is 91.2 Å². The Hall–Kier alpha value is -2.47. The van der Waals surface area contributed by atoms with Crippen molar-refractivity contribution in [3.8, 4) is 11.8 Å². The monoisotopic (exact) mass is 505 g/mol. The fourth-order valence-electron chi connectivity index (χ4n) is 2.97. The molecular weight excluding hydrogens is 490 g/mol. The number of hydrogen-bond acceptors (Lipinski definition) is 5. The molecule has 2 aromatic carbocycles. The van der Waals surface area contributed by atoms with Crippen molar-refractivity contribution in [1.29, 1.82) is 5.26 Å². The predicted octanol–water partition coefficient (Wildman–Crippen LogP) is 4.82. The molecule has 3 rings (SSSR count). The summed E-state index contributed by atoms with van der Waals surface area (Å²) >= 11 is 10.6. The zero-order valence-electron chi connectivity index (χ0n) is 15.9. The predicted molar refractivity (Wildman–Crippen MR) is 121 cm³/mol. The van der Waals surface area contributed by atoms with Gasteiger partial charge >= 0.3 is 0 Å². The molecule has 0 saturated carbocycles. The third-order valence-electron chi connectivity index (χ3n) is 4.43. The van der Waals surface area contributed by atoms with E-state index >= 15 is 0 Å². The summed E-state index contributed by atoms with van der Waals surface area (Å²) in [5.41, 5.74) is 1.76. The second-order valence-electron chi connectivity index (χ2n) is 6.39. The molecule has 0 radical (unpaired) electrons. The lowest BCUT2D eigenvalue weighted by Gasteiger charge is -2.25. The number of nitriles is 1. The number of nitrogens with one attached hydrogen (secondary N) is 2. The Kier molecular flexibility index (Phi) is 7.43. The van der Waals surface area contributed by atoms with E-state index in [9.17, 15) is 14.9 Å². The zero-order valence-corrected chi connectivity index (χ0v) is 19.0. The van der Waals surface area contributed by atoms with Gasteiger partial charge in [-0.3, -0.25) is 9.59 Å². The van der Waals surface area contributed by atoms with Gasteiger partial charge in [0.2, 0.25) is 11.8 Å². The van der Waals surface area contributed by atoms with Gasteiger partial charge in [0, 0.05) is 16.8 Å². The van der Waals surface area contributed by atoms with Crippen molar-refractivity contribution in [3.05, 3.63) is 68.1 Å². The first-order chi connectivity index (χ1) is 14.4. The number of hydrogen-bond donors (Lipinski definition) is 2. The highest BCUT2D eigenvalue weighted by Gasteiger charge is 2.30. The van der Waals surface area contributed by atoms with Crippen molar-refractivity contribution >= 4 is 56.8 Å². The lowest BCUT2D eigenvalue weighted by atomic mass is 9.87. The number of rotatable bonds is 6. The van der Waals surface area contributed by atoms with Crippen LogP contribution in [0.25, 0.3) is 0 Å². The molecule has 0 fully saturated rings.